The molecule has 2 fully saturated rings. The van der Waals surface area contributed by atoms with E-state index in [9.17, 15) is 9.59 Å². The van der Waals surface area contributed by atoms with E-state index in [-0.39, 0.29) is 12.0 Å². The third kappa shape index (κ3) is 11.5. The third-order valence-corrected chi connectivity index (χ3v) is 5.26. The van der Waals surface area contributed by atoms with Gasteiger partial charge >= 0.3 is 0 Å². The molecule has 0 aromatic rings. The van der Waals surface area contributed by atoms with Crippen LogP contribution in [0.15, 0.2) is 0 Å². The van der Waals surface area contributed by atoms with Crippen molar-refractivity contribution in [3.05, 3.63) is 0 Å². The van der Waals surface area contributed by atoms with Crippen LogP contribution in [-0.2, 0) is 19.1 Å². The number of carbonyl (C=O) groups excluding carboxylic acids is 2. The molecule has 0 bridgehead atoms. The molecule has 2 aliphatic rings. The minimum Gasteiger partial charge on any atom is -0.379 e. The molecule has 2 rings (SSSR count). The molecule has 0 unspecified atom stereocenters. The summed E-state index contributed by atoms with van der Waals surface area (Å²) < 4.78 is 10.7. The van der Waals surface area contributed by atoms with Crippen molar-refractivity contribution in [2.24, 2.45) is 5.92 Å². The van der Waals surface area contributed by atoms with Crippen molar-refractivity contribution in [3.8, 4) is 0 Å². The Kier molecular flexibility index (Phi) is 13.4. The van der Waals surface area contributed by atoms with Crippen molar-refractivity contribution in [1.82, 2.24) is 4.90 Å². The fraction of sp³-hybridized carbons (Fsp3) is 0.909. The fourth-order valence-corrected chi connectivity index (χ4v) is 3.62. The first-order chi connectivity index (χ1) is 13.0. The van der Waals surface area contributed by atoms with Gasteiger partial charge in [0.05, 0.1) is 32.3 Å². The van der Waals surface area contributed by atoms with Gasteiger partial charge in [-0.1, -0.05) is 26.2 Å². The second kappa shape index (κ2) is 15.0. The number of hydrogen-bond donors (Lipinski definition) is 0. The summed E-state index contributed by atoms with van der Waals surface area (Å²) in [7, 11) is 0. The van der Waals surface area contributed by atoms with Crippen LogP contribution in [0, 0.1) is 5.92 Å². The van der Waals surface area contributed by atoms with Gasteiger partial charge in [0.25, 0.3) is 0 Å². The van der Waals surface area contributed by atoms with Crippen LogP contribution in [0.1, 0.15) is 85.0 Å². The number of likely N-dealkylation sites (tertiary alicyclic amines) is 1. The zero-order valence-corrected chi connectivity index (χ0v) is 17.8. The van der Waals surface area contributed by atoms with E-state index < -0.39 is 0 Å². The van der Waals surface area contributed by atoms with Crippen LogP contribution in [0.4, 0.5) is 0 Å². The Labute approximate surface area is 166 Å². The van der Waals surface area contributed by atoms with E-state index >= 15 is 0 Å². The molecule has 1 amide bonds. The van der Waals surface area contributed by atoms with E-state index in [1.807, 2.05) is 25.7 Å². The SMILES string of the molecule is CC(C)OCCOCCC(=O)N1CCCCC1.CCC(=O)C1CCCCC1. The number of piperidine rings is 1. The summed E-state index contributed by atoms with van der Waals surface area (Å²) in [6.45, 7) is 9.51. The maximum Gasteiger partial charge on any atom is 0.224 e. The van der Waals surface area contributed by atoms with Crippen LogP contribution < -0.4 is 0 Å². The molecule has 1 saturated carbocycles. The Morgan fingerprint density at radius 2 is 1.56 bits per heavy atom. The van der Waals surface area contributed by atoms with Gasteiger partial charge in [0.15, 0.2) is 0 Å². The zero-order valence-electron chi connectivity index (χ0n) is 17.8. The first kappa shape index (κ1) is 24.1. The summed E-state index contributed by atoms with van der Waals surface area (Å²) >= 11 is 0. The maximum absolute atomic E-state index is 11.8. The van der Waals surface area contributed by atoms with Crippen LogP contribution in [0.5, 0.6) is 0 Å². The topological polar surface area (TPSA) is 55.8 Å². The quantitative estimate of drug-likeness (QED) is 0.555. The van der Waals surface area contributed by atoms with Crippen molar-refractivity contribution >= 4 is 11.7 Å². The highest BCUT2D eigenvalue weighted by Crippen LogP contribution is 2.24. The normalized spacial score (nSPS) is 18.1. The Hall–Kier alpha value is -0.940. The highest BCUT2D eigenvalue weighted by atomic mass is 16.5. The molecule has 5 nitrogen and oxygen atoms in total. The van der Waals surface area contributed by atoms with E-state index in [1.165, 1.54) is 25.7 Å². The lowest BCUT2D eigenvalue weighted by Crippen LogP contribution is -2.36. The zero-order chi connectivity index (χ0) is 19.9. The van der Waals surface area contributed by atoms with Crippen molar-refractivity contribution < 1.29 is 19.1 Å². The van der Waals surface area contributed by atoms with Crippen molar-refractivity contribution in [3.63, 3.8) is 0 Å². The predicted octanol–water partition coefficient (Wildman–Crippen LogP) is 4.38. The summed E-state index contributed by atoms with van der Waals surface area (Å²) in [6, 6.07) is 0. The molecule has 0 radical (unpaired) electrons. The average Bonchev–Trinajstić information content (AvgIpc) is 2.71. The minimum absolute atomic E-state index is 0.231. The molecule has 0 N–H and O–H groups in total. The van der Waals surface area contributed by atoms with E-state index in [0.717, 1.165) is 45.2 Å². The first-order valence-corrected chi connectivity index (χ1v) is 11.0. The second-order valence-electron chi connectivity index (χ2n) is 7.88. The Bertz CT molecular complexity index is 399. The van der Waals surface area contributed by atoms with Gasteiger partial charge in [-0.05, 0) is 46.0 Å². The number of rotatable bonds is 9. The smallest absolute Gasteiger partial charge is 0.224 e. The second-order valence-corrected chi connectivity index (χ2v) is 7.88. The molecule has 0 spiro atoms. The lowest BCUT2D eigenvalue weighted by molar-refractivity contribution is -0.133. The van der Waals surface area contributed by atoms with Crippen LogP contribution in [0.2, 0.25) is 0 Å². The monoisotopic (exact) mass is 383 g/mol. The standard InChI is InChI=1S/C13H25NO3.C9H16O/c1-12(2)17-11-10-16-9-6-13(15)14-7-4-3-5-8-14;1-2-9(10)8-6-4-3-5-7-8/h12H,3-11H2,1-2H3;8H,2-7H2,1H3. The van der Waals surface area contributed by atoms with E-state index in [0.29, 0.717) is 37.9 Å². The molecule has 27 heavy (non-hydrogen) atoms. The highest BCUT2D eigenvalue weighted by Gasteiger charge is 2.18. The highest BCUT2D eigenvalue weighted by molar-refractivity contribution is 5.80. The van der Waals surface area contributed by atoms with Gasteiger partial charge < -0.3 is 14.4 Å². The van der Waals surface area contributed by atoms with Crippen molar-refractivity contribution in [1.29, 1.82) is 0 Å². The lowest BCUT2D eigenvalue weighted by atomic mass is 9.85. The van der Waals surface area contributed by atoms with Gasteiger partial charge in [-0.25, -0.2) is 0 Å². The van der Waals surface area contributed by atoms with Gasteiger partial charge in [-0.15, -0.1) is 0 Å². The van der Waals surface area contributed by atoms with Gasteiger partial charge in [-0.3, -0.25) is 9.59 Å². The Balaban J connectivity index is 0.000000309. The number of ketones is 1. The number of ether oxygens (including phenoxy) is 2. The number of hydrogen-bond acceptors (Lipinski definition) is 4. The molecule has 1 aliphatic heterocycles. The molecule has 1 saturated heterocycles. The van der Waals surface area contributed by atoms with E-state index in [4.69, 9.17) is 9.47 Å². The largest absolute Gasteiger partial charge is 0.379 e. The summed E-state index contributed by atoms with van der Waals surface area (Å²) in [5, 5.41) is 0. The van der Waals surface area contributed by atoms with Crippen molar-refractivity contribution in [2.75, 3.05) is 32.9 Å². The summed E-state index contributed by atoms with van der Waals surface area (Å²) in [5.74, 6) is 1.15. The average molecular weight is 384 g/mol. The first-order valence-electron chi connectivity index (χ1n) is 11.0. The van der Waals surface area contributed by atoms with Gasteiger partial charge in [0, 0.05) is 25.4 Å². The number of amides is 1. The number of carbonyl (C=O) groups is 2. The lowest BCUT2D eigenvalue weighted by Gasteiger charge is -2.26. The molecule has 0 aromatic carbocycles. The molecular weight excluding hydrogens is 342 g/mol. The third-order valence-electron chi connectivity index (χ3n) is 5.26. The van der Waals surface area contributed by atoms with Gasteiger partial charge in [0.1, 0.15) is 5.78 Å². The van der Waals surface area contributed by atoms with Crippen LogP contribution in [0.25, 0.3) is 0 Å². The van der Waals surface area contributed by atoms with Crippen LogP contribution >= 0.6 is 0 Å². The molecule has 1 aliphatic carbocycles. The van der Waals surface area contributed by atoms with Gasteiger partial charge in [0.2, 0.25) is 5.91 Å². The van der Waals surface area contributed by atoms with Crippen molar-refractivity contribution in [2.45, 2.75) is 91.1 Å². The minimum atomic E-state index is 0.231. The maximum atomic E-state index is 11.8. The molecule has 0 atom stereocenters. The van der Waals surface area contributed by atoms with E-state index in [1.54, 1.807) is 0 Å². The van der Waals surface area contributed by atoms with Crippen LogP contribution in [-0.4, -0.2) is 55.6 Å². The molecule has 5 heteroatoms. The summed E-state index contributed by atoms with van der Waals surface area (Å²) in [4.78, 5) is 24.9. The molecule has 158 valence electrons. The Morgan fingerprint density at radius 1 is 0.926 bits per heavy atom. The fourth-order valence-electron chi connectivity index (χ4n) is 3.62. The Morgan fingerprint density at radius 3 is 2.15 bits per heavy atom. The number of Topliss-reactive ketones (excluding diaryl/α,β-unsaturated/α-hetero) is 1. The predicted molar refractivity (Wildman–Crippen MR) is 109 cm³/mol. The molecular formula is C22H41NO4. The van der Waals surface area contributed by atoms with E-state index in [2.05, 4.69) is 0 Å². The molecule has 0 aromatic heterocycles. The summed E-state index contributed by atoms with van der Waals surface area (Å²) in [6.07, 6.45) is 11.2. The van der Waals surface area contributed by atoms with Crippen LogP contribution in [0.3, 0.4) is 0 Å². The summed E-state index contributed by atoms with van der Waals surface area (Å²) in [5.41, 5.74) is 0. The number of nitrogens with zero attached hydrogens (tertiary/aromatic N) is 1. The van der Waals surface area contributed by atoms with Gasteiger partial charge in [-0.2, -0.15) is 0 Å². The molecule has 1 heterocycles.